The Hall–Kier alpha value is -3.04. The highest BCUT2D eigenvalue weighted by Crippen LogP contribution is 2.18. The van der Waals surface area contributed by atoms with Gasteiger partial charge in [0.05, 0.1) is 0 Å². The van der Waals surface area contributed by atoms with Crippen molar-refractivity contribution in [3.63, 3.8) is 0 Å². The van der Waals surface area contributed by atoms with Crippen LogP contribution in [0.15, 0.2) is 24.0 Å². The molecule has 0 aliphatic carbocycles. The topological polar surface area (TPSA) is 140 Å². The van der Waals surface area contributed by atoms with Crippen LogP contribution >= 0.6 is 0 Å². The molecule has 4 N–H and O–H groups in total. The van der Waals surface area contributed by atoms with Crippen LogP contribution in [0.2, 0.25) is 0 Å². The molecular weight excluding hydrogens is 404 g/mol. The third-order valence-electron chi connectivity index (χ3n) is 4.17. The van der Waals surface area contributed by atoms with E-state index in [0.717, 1.165) is 12.8 Å². The van der Waals surface area contributed by atoms with Crippen molar-refractivity contribution >= 4 is 23.9 Å². The molecule has 1 heterocycles. The molecule has 0 aromatic heterocycles. The molecule has 0 aromatic carbocycles. The van der Waals surface area contributed by atoms with E-state index in [4.69, 9.17) is 15.2 Å². The van der Waals surface area contributed by atoms with Gasteiger partial charge in [-0.3, -0.25) is 19.7 Å². The summed E-state index contributed by atoms with van der Waals surface area (Å²) in [5, 5.41) is 4.94. The van der Waals surface area contributed by atoms with Gasteiger partial charge in [-0.05, 0) is 40.5 Å². The lowest BCUT2D eigenvalue weighted by Gasteiger charge is -2.29. The lowest BCUT2D eigenvalue weighted by Crippen LogP contribution is -2.46. The number of nitrogens with one attached hydrogen (secondary N) is 2. The summed E-state index contributed by atoms with van der Waals surface area (Å²) < 4.78 is 10.2. The van der Waals surface area contributed by atoms with E-state index in [1.54, 1.807) is 44.1 Å². The Morgan fingerprint density at radius 2 is 1.94 bits per heavy atom. The number of carbonyl (C=O) groups excluding carboxylic acids is 4. The Kier molecular flexibility index (Phi) is 10.0. The second kappa shape index (κ2) is 12.0. The van der Waals surface area contributed by atoms with Crippen LogP contribution in [0.1, 0.15) is 60.3 Å². The number of amides is 3. The van der Waals surface area contributed by atoms with E-state index < -0.39 is 35.8 Å². The summed E-state index contributed by atoms with van der Waals surface area (Å²) in [6, 6.07) is -0.601. The van der Waals surface area contributed by atoms with E-state index in [2.05, 4.69) is 10.6 Å². The molecule has 10 nitrogen and oxygen atoms in total. The van der Waals surface area contributed by atoms with Gasteiger partial charge in [0.2, 0.25) is 11.8 Å². The maximum Gasteiger partial charge on any atom is 0.410 e. The van der Waals surface area contributed by atoms with Gasteiger partial charge in [0.1, 0.15) is 18.2 Å². The summed E-state index contributed by atoms with van der Waals surface area (Å²) >= 11 is 0. The Bertz CT molecular complexity index is 726. The second-order valence-corrected chi connectivity index (χ2v) is 8.21. The zero-order valence-electron chi connectivity index (χ0n) is 18.9. The number of carbonyl (C=O) groups is 4. The third-order valence-corrected chi connectivity index (χ3v) is 4.17. The van der Waals surface area contributed by atoms with Crippen LogP contribution < -0.4 is 16.4 Å². The van der Waals surface area contributed by atoms with Gasteiger partial charge in [-0.1, -0.05) is 25.8 Å². The Morgan fingerprint density at radius 3 is 2.52 bits per heavy atom. The van der Waals surface area contributed by atoms with Crippen molar-refractivity contribution in [3.8, 4) is 0 Å². The molecule has 174 valence electrons. The molecule has 2 atom stereocenters. The molecule has 0 saturated heterocycles. The number of rotatable bonds is 10. The quantitative estimate of drug-likeness (QED) is 0.348. The molecule has 0 radical (unpaired) electrons. The van der Waals surface area contributed by atoms with E-state index in [1.807, 2.05) is 6.92 Å². The van der Waals surface area contributed by atoms with Crippen LogP contribution in [0.25, 0.3) is 0 Å². The van der Waals surface area contributed by atoms with Gasteiger partial charge in [-0.25, -0.2) is 4.79 Å². The summed E-state index contributed by atoms with van der Waals surface area (Å²) in [6.07, 6.45) is 5.98. The van der Waals surface area contributed by atoms with Crippen molar-refractivity contribution in [2.75, 3.05) is 6.54 Å². The number of hydrogen-bond donors (Lipinski definition) is 3. The lowest BCUT2D eigenvalue weighted by atomic mass is 10.1. The number of alkyl carbamates (subject to hydrolysis) is 1. The third kappa shape index (κ3) is 10.0. The van der Waals surface area contributed by atoms with E-state index in [9.17, 15) is 19.2 Å². The molecule has 0 aromatic rings. The summed E-state index contributed by atoms with van der Waals surface area (Å²) in [7, 11) is 0. The molecule has 0 fully saturated rings. The predicted molar refractivity (Wildman–Crippen MR) is 114 cm³/mol. The van der Waals surface area contributed by atoms with Crippen LogP contribution in [0.5, 0.6) is 0 Å². The number of primary amides is 1. The number of ether oxygens (including phenoxy) is 2. The maximum atomic E-state index is 12.7. The highest BCUT2D eigenvalue weighted by atomic mass is 16.6. The Balaban J connectivity index is 2.62. The van der Waals surface area contributed by atoms with Crippen LogP contribution in [0, 0.1) is 0 Å². The summed E-state index contributed by atoms with van der Waals surface area (Å²) in [5.41, 5.74) is 5.07. The molecule has 1 aliphatic rings. The number of esters is 1. The van der Waals surface area contributed by atoms with Crippen molar-refractivity contribution in [3.05, 3.63) is 24.0 Å². The number of allylic oxidation sites excluding steroid dienone is 1. The van der Waals surface area contributed by atoms with E-state index in [-0.39, 0.29) is 12.5 Å². The van der Waals surface area contributed by atoms with Gasteiger partial charge >= 0.3 is 12.1 Å². The molecule has 3 amide bonds. The second-order valence-electron chi connectivity index (χ2n) is 8.21. The van der Waals surface area contributed by atoms with Crippen molar-refractivity contribution in [1.29, 1.82) is 0 Å². The van der Waals surface area contributed by atoms with Crippen LogP contribution in [0.4, 0.5) is 4.79 Å². The van der Waals surface area contributed by atoms with Crippen LogP contribution in [0.3, 0.4) is 0 Å². The lowest BCUT2D eigenvalue weighted by molar-refractivity contribution is -0.149. The Morgan fingerprint density at radius 1 is 1.26 bits per heavy atom. The van der Waals surface area contributed by atoms with E-state index >= 15 is 0 Å². The van der Waals surface area contributed by atoms with Gasteiger partial charge in [-0.2, -0.15) is 0 Å². The first kappa shape index (κ1) is 26.0. The van der Waals surface area contributed by atoms with Crippen molar-refractivity contribution < 1.29 is 28.7 Å². The summed E-state index contributed by atoms with van der Waals surface area (Å²) in [5.74, 6) is -1.64. The van der Waals surface area contributed by atoms with Gasteiger partial charge in [0.25, 0.3) is 0 Å². The Labute approximate surface area is 183 Å². The molecular formula is C21H34N4O6. The average Bonchev–Trinajstić information content (AvgIpc) is 2.65. The highest BCUT2D eigenvalue weighted by molar-refractivity contribution is 5.92. The standard InChI is InChI=1S/C21H34N4O6/c1-6-7-10-16(25-11-8-9-15(13-25)18(22)27)19(28)23-12-17(26)30-14(2)24-20(29)31-21(3,4)5/h8,11,13-14,16H,6-7,9-10,12H2,1-5H3,(H2,22,27)(H,23,28)(H,24,29)/t14-,16-/m0/s1. The van der Waals surface area contributed by atoms with Gasteiger partial charge in [-0.15, -0.1) is 0 Å². The molecule has 31 heavy (non-hydrogen) atoms. The normalized spacial score (nSPS) is 15.4. The minimum Gasteiger partial charge on any atom is -0.444 e. The van der Waals surface area contributed by atoms with Gasteiger partial charge in [0, 0.05) is 18.0 Å². The molecule has 0 saturated carbocycles. The molecule has 10 heteroatoms. The fourth-order valence-corrected chi connectivity index (χ4v) is 2.77. The first-order valence-electron chi connectivity index (χ1n) is 10.3. The van der Waals surface area contributed by atoms with Crippen molar-refractivity contribution in [2.45, 2.75) is 78.2 Å². The molecule has 0 bridgehead atoms. The molecule has 1 rings (SSSR count). The van der Waals surface area contributed by atoms with Crippen LogP contribution in [-0.2, 0) is 23.9 Å². The van der Waals surface area contributed by atoms with Gasteiger partial charge < -0.3 is 25.4 Å². The maximum absolute atomic E-state index is 12.7. The minimum atomic E-state index is -0.929. The number of nitrogens with two attached hydrogens (primary N) is 1. The number of nitrogens with zero attached hydrogens (tertiary/aromatic N) is 1. The average molecular weight is 439 g/mol. The highest BCUT2D eigenvalue weighted by Gasteiger charge is 2.26. The fraction of sp³-hybridized carbons (Fsp3) is 0.619. The summed E-state index contributed by atoms with van der Waals surface area (Å²) in [4.78, 5) is 49.6. The van der Waals surface area contributed by atoms with Crippen LogP contribution in [-0.4, -0.2) is 53.2 Å². The van der Waals surface area contributed by atoms with E-state index in [0.29, 0.717) is 18.4 Å². The zero-order chi connectivity index (χ0) is 23.6. The minimum absolute atomic E-state index is 0.369. The number of hydrogen-bond acceptors (Lipinski definition) is 7. The van der Waals surface area contributed by atoms with Crippen molar-refractivity contribution in [2.24, 2.45) is 5.73 Å². The SMILES string of the molecule is CCCC[C@@H](C(=O)NCC(=O)O[C@@H](C)NC(=O)OC(C)(C)C)N1C=CCC(C(N)=O)=C1. The van der Waals surface area contributed by atoms with Gasteiger partial charge in [0.15, 0.2) is 6.23 Å². The monoisotopic (exact) mass is 438 g/mol. The zero-order valence-corrected chi connectivity index (χ0v) is 18.9. The first-order chi connectivity index (χ1) is 14.4. The first-order valence-corrected chi connectivity index (χ1v) is 10.3. The van der Waals surface area contributed by atoms with Crippen molar-refractivity contribution in [1.82, 2.24) is 15.5 Å². The molecule has 0 unspecified atom stereocenters. The smallest absolute Gasteiger partial charge is 0.410 e. The molecule has 0 spiro atoms. The predicted octanol–water partition coefficient (Wildman–Crippen LogP) is 1.66. The molecule has 1 aliphatic heterocycles. The number of unbranched alkanes of at least 4 members (excludes halogenated alkanes) is 1. The largest absolute Gasteiger partial charge is 0.444 e. The fourth-order valence-electron chi connectivity index (χ4n) is 2.77. The van der Waals surface area contributed by atoms with E-state index in [1.165, 1.54) is 6.92 Å². The summed E-state index contributed by atoms with van der Waals surface area (Å²) in [6.45, 7) is 8.25.